The van der Waals surface area contributed by atoms with Crippen LogP contribution in [0.15, 0.2) is 48.9 Å². The van der Waals surface area contributed by atoms with E-state index >= 15 is 0 Å². The van der Waals surface area contributed by atoms with Crippen LogP contribution in [0.3, 0.4) is 0 Å². The lowest BCUT2D eigenvalue weighted by Crippen LogP contribution is -1.97. The summed E-state index contributed by atoms with van der Waals surface area (Å²) in [4.78, 5) is 8.59. The zero-order valence-electron chi connectivity index (χ0n) is 8.96. The molecule has 2 heterocycles. The summed E-state index contributed by atoms with van der Waals surface area (Å²) in [6, 6.07) is 10.1. The summed E-state index contributed by atoms with van der Waals surface area (Å²) in [5.41, 5.74) is 2.13. The van der Waals surface area contributed by atoms with Gasteiger partial charge in [-0.2, -0.15) is 0 Å². The van der Waals surface area contributed by atoms with Gasteiger partial charge >= 0.3 is 0 Å². The molecule has 0 fully saturated rings. The molecule has 0 saturated heterocycles. The van der Waals surface area contributed by atoms with Gasteiger partial charge in [-0.3, -0.25) is 4.98 Å². The minimum Gasteiger partial charge on any atom is -0.303 e. The molecule has 78 valence electrons. The normalized spacial score (nSPS) is 10.8. The van der Waals surface area contributed by atoms with Crippen molar-refractivity contribution in [3.8, 4) is 5.69 Å². The maximum atomic E-state index is 4.35. The molecule has 0 saturated carbocycles. The van der Waals surface area contributed by atoms with Gasteiger partial charge in [0.2, 0.25) is 0 Å². The summed E-state index contributed by atoms with van der Waals surface area (Å²) in [5.74, 6) is 0.983. The Balaban J connectivity index is 2.36. The van der Waals surface area contributed by atoms with E-state index in [0.29, 0.717) is 0 Å². The van der Waals surface area contributed by atoms with Crippen LogP contribution in [0.2, 0.25) is 0 Å². The second kappa shape index (κ2) is 3.45. The summed E-state index contributed by atoms with van der Waals surface area (Å²) in [7, 11) is 0. The molecule has 0 radical (unpaired) electrons. The van der Waals surface area contributed by atoms with E-state index in [1.165, 1.54) is 0 Å². The number of hydrogen-bond donors (Lipinski definition) is 0. The minimum absolute atomic E-state index is 0.983. The van der Waals surface area contributed by atoms with Gasteiger partial charge < -0.3 is 4.57 Å². The number of aromatic nitrogens is 3. The van der Waals surface area contributed by atoms with Gasteiger partial charge in [0, 0.05) is 24.0 Å². The molecule has 0 amide bonds. The minimum atomic E-state index is 0.983. The van der Waals surface area contributed by atoms with Crippen molar-refractivity contribution in [2.24, 2.45) is 0 Å². The Morgan fingerprint density at radius 1 is 1.00 bits per heavy atom. The highest BCUT2D eigenvalue weighted by atomic mass is 15.1. The third-order valence-electron chi connectivity index (χ3n) is 2.71. The molecule has 2 aromatic heterocycles. The van der Waals surface area contributed by atoms with Gasteiger partial charge in [0.15, 0.2) is 0 Å². The molecule has 0 N–H and O–H groups in total. The fourth-order valence-corrected chi connectivity index (χ4v) is 1.92. The van der Waals surface area contributed by atoms with Gasteiger partial charge in [0.25, 0.3) is 0 Å². The number of aryl methyl sites for hydroxylation is 1. The summed E-state index contributed by atoms with van der Waals surface area (Å²) in [6.45, 7) is 2.00. The Bertz CT molecular complexity index is 635. The third-order valence-corrected chi connectivity index (χ3v) is 2.71. The molecular formula is C13H11N3. The molecule has 0 aliphatic carbocycles. The van der Waals surface area contributed by atoms with E-state index in [-0.39, 0.29) is 0 Å². The lowest BCUT2D eigenvalue weighted by atomic mass is 10.2. The molecule has 16 heavy (non-hydrogen) atoms. The molecular weight excluding hydrogens is 198 g/mol. The first-order valence-corrected chi connectivity index (χ1v) is 5.20. The Hall–Kier alpha value is -2.16. The molecule has 0 bridgehead atoms. The first-order chi connectivity index (χ1) is 7.86. The quantitative estimate of drug-likeness (QED) is 0.617. The van der Waals surface area contributed by atoms with Gasteiger partial charge in [-0.15, -0.1) is 0 Å². The Morgan fingerprint density at radius 2 is 1.88 bits per heavy atom. The summed E-state index contributed by atoms with van der Waals surface area (Å²) < 4.78 is 2.07. The van der Waals surface area contributed by atoms with Gasteiger partial charge in [0.1, 0.15) is 5.82 Å². The molecule has 0 unspecified atom stereocenters. The SMILES string of the molecule is Cc1nccn1-c1ccnc2ccccc12. The van der Waals surface area contributed by atoms with E-state index in [1.807, 2.05) is 49.8 Å². The lowest BCUT2D eigenvalue weighted by Gasteiger charge is -2.08. The van der Waals surface area contributed by atoms with Crippen LogP contribution in [0.25, 0.3) is 16.6 Å². The maximum absolute atomic E-state index is 4.35. The van der Waals surface area contributed by atoms with Crippen LogP contribution in [0.1, 0.15) is 5.82 Å². The van der Waals surface area contributed by atoms with Crippen LogP contribution < -0.4 is 0 Å². The molecule has 0 spiro atoms. The van der Waals surface area contributed by atoms with Crippen LogP contribution in [-0.2, 0) is 0 Å². The van der Waals surface area contributed by atoms with Crippen LogP contribution in [-0.4, -0.2) is 14.5 Å². The van der Waals surface area contributed by atoms with Crippen LogP contribution >= 0.6 is 0 Å². The molecule has 3 aromatic rings. The number of fused-ring (bicyclic) bond motifs is 1. The topological polar surface area (TPSA) is 30.7 Å². The average Bonchev–Trinajstić information content (AvgIpc) is 2.75. The van der Waals surface area contributed by atoms with E-state index < -0.39 is 0 Å². The smallest absolute Gasteiger partial charge is 0.110 e. The van der Waals surface area contributed by atoms with Crippen LogP contribution in [0.4, 0.5) is 0 Å². The van der Waals surface area contributed by atoms with E-state index in [0.717, 1.165) is 22.4 Å². The molecule has 0 aliphatic heterocycles. The zero-order chi connectivity index (χ0) is 11.0. The summed E-state index contributed by atoms with van der Waals surface area (Å²) >= 11 is 0. The molecule has 3 rings (SSSR count). The Morgan fingerprint density at radius 3 is 2.69 bits per heavy atom. The monoisotopic (exact) mass is 209 g/mol. The van der Waals surface area contributed by atoms with Gasteiger partial charge in [0.05, 0.1) is 11.2 Å². The number of nitrogens with zero attached hydrogens (tertiary/aromatic N) is 3. The molecule has 3 nitrogen and oxygen atoms in total. The molecule has 0 aliphatic rings. The van der Waals surface area contributed by atoms with Crippen molar-refractivity contribution in [1.82, 2.24) is 14.5 Å². The average molecular weight is 209 g/mol. The second-order valence-electron chi connectivity index (χ2n) is 3.69. The number of imidazole rings is 1. The van der Waals surface area contributed by atoms with E-state index in [4.69, 9.17) is 0 Å². The van der Waals surface area contributed by atoms with Crippen LogP contribution in [0.5, 0.6) is 0 Å². The first-order valence-electron chi connectivity index (χ1n) is 5.20. The standard InChI is InChI=1S/C13H11N3/c1-10-14-8-9-16(10)13-6-7-15-12-5-3-2-4-11(12)13/h2-9H,1H3. The van der Waals surface area contributed by atoms with Crippen molar-refractivity contribution >= 4 is 10.9 Å². The molecule has 0 atom stereocenters. The Kier molecular flexibility index (Phi) is 1.96. The van der Waals surface area contributed by atoms with Gasteiger partial charge in [-0.25, -0.2) is 4.98 Å². The van der Waals surface area contributed by atoms with Crippen molar-refractivity contribution < 1.29 is 0 Å². The van der Waals surface area contributed by atoms with Crippen molar-refractivity contribution in [2.45, 2.75) is 6.92 Å². The number of pyridine rings is 1. The molecule has 3 heteroatoms. The highest BCUT2D eigenvalue weighted by Crippen LogP contribution is 2.20. The predicted octanol–water partition coefficient (Wildman–Crippen LogP) is 2.73. The number of para-hydroxylation sites is 1. The van der Waals surface area contributed by atoms with Crippen molar-refractivity contribution in [3.63, 3.8) is 0 Å². The summed E-state index contributed by atoms with van der Waals surface area (Å²) in [6.07, 6.45) is 5.61. The van der Waals surface area contributed by atoms with Gasteiger partial charge in [-0.05, 0) is 19.1 Å². The predicted molar refractivity (Wildman–Crippen MR) is 63.6 cm³/mol. The second-order valence-corrected chi connectivity index (χ2v) is 3.69. The van der Waals surface area contributed by atoms with Crippen LogP contribution in [0, 0.1) is 6.92 Å². The third kappa shape index (κ3) is 1.29. The fourth-order valence-electron chi connectivity index (χ4n) is 1.92. The number of hydrogen-bond acceptors (Lipinski definition) is 2. The van der Waals surface area contributed by atoms with E-state index in [9.17, 15) is 0 Å². The zero-order valence-corrected chi connectivity index (χ0v) is 8.96. The Labute approximate surface area is 93.4 Å². The lowest BCUT2D eigenvalue weighted by molar-refractivity contribution is 0.980. The maximum Gasteiger partial charge on any atom is 0.110 e. The number of rotatable bonds is 1. The summed E-state index contributed by atoms with van der Waals surface area (Å²) in [5, 5.41) is 1.14. The van der Waals surface area contributed by atoms with Gasteiger partial charge in [-0.1, -0.05) is 18.2 Å². The largest absolute Gasteiger partial charge is 0.303 e. The number of benzene rings is 1. The first kappa shape index (κ1) is 9.09. The van der Waals surface area contributed by atoms with E-state index in [1.54, 1.807) is 0 Å². The highest BCUT2D eigenvalue weighted by Gasteiger charge is 2.04. The van der Waals surface area contributed by atoms with Crippen molar-refractivity contribution in [2.75, 3.05) is 0 Å². The highest BCUT2D eigenvalue weighted by molar-refractivity contribution is 5.86. The fraction of sp³-hybridized carbons (Fsp3) is 0.0769. The van der Waals surface area contributed by atoms with Crippen molar-refractivity contribution in [3.05, 3.63) is 54.7 Å². The van der Waals surface area contributed by atoms with Crippen molar-refractivity contribution in [1.29, 1.82) is 0 Å². The van der Waals surface area contributed by atoms with E-state index in [2.05, 4.69) is 20.6 Å². The molecule has 1 aromatic carbocycles.